The molecule has 1 aliphatic rings. The first-order valence-corrected chi connectivity index (χ1v) is 10.4. The number of halogens is 2. The fourth-order valence-electron chi connectivity index (χ4n) is 3.07. The van der Waals surface area contributed by atoms with Crippen LogP contribution in [0.1, 0.15) is 42.1 Å². The van der Waals surface area contributed by atoms with E-state index in [-0.39, 0.29) is 17.6 Å². The summed E-state index contributed by atoms with van der Waals surface area (Å²) < 4.78 is 13.4. The number of benzene rings is 2. The lowest BCUT2D eigenvalue weighted by atomic mass is 10.1. The summed E-state index contributed by atoms with van der Waals surface area (Å²) in [6.07, 6.45) is 0. The summed E-state index contributed by atoms with van der Waals surface area (Å²) >= 11 is 7.72. The molecular weight excluding hydrogens is 399 g/mol. The van der Waals surface area contributed by atoms with E-state index in [4.69, 9.17) is 11.6 Å². The summed E-state index contributed by atoms with van der Waals surface area (Å²) in [5.41, 5.74) is 0.680. The van der Waals surface area contributed by atoms with Gasteiger partial charge in [0, 0.05) is 11.3 Å². The molecule has 1 fully saturated rings. The van der Waals surface area contributed by atoms with Gasteiger partial charge >= 0.3 is 0 Å². The van der Waals surface area contributed by atoms with Gasteiger partial charge in [0.25, 0.3) is 5.91 Å². The Morgan fingerprint density at radius 3 is 2.39 bits per heavy atom. The van der Waals surface area contributed by atoms with E-state index in [1.54, 1.807) is 41.3 Å². The Morgan fingerprint density at radius 1 is 1.14 bits per heavy atom. The van der Waals surface area contributed by atoms with Crippen molar-refractivity contribution in [2.45, 2.75) is 37.7 Å². The maximum Gasteiger partial charge on any atom is 0.257 e. The van der Waals surface area contributed by atoms with E-state index < -0.39 is 17.0 Å². The van der Waals surface area contributed by atoms with Crippen LogP contribution in [0.15, 0.2) is 48.5 Å². The molecular formula is C21H22ClFN2O2S. The van der Waals surface area contributed by atoms with Crippen LogP contribution in [0.4, 0.5) is 4.39 Å². The van der Waals surface area contributed by atoms with Gasteiger partial charge in [-0.25, -0.2) is 4.39 Å². The fourth-order valence-corrected chi connectivity index (χ4v) is 4.71. The first-order chi connectivity index (χ1) is 13.2. The van der Waals surface area contributed by atoms with Crippen LogP contribution < -0.4 is 5.32 Å². The minimum Gasteiger partial charge on any atom is -0.350 e. The van der Waals surface area contributed by atoms with Gasteiger partial charge in [0.2, 0.25) is 5.91 Å². The van der Waals surface area contributed by atoms with Gasteiger partial charge in [-0.3, -0.25) is 9.59 Å². The van der Waals surface area contributed by atoms with Crippen molar-refractivity contribution in [3.05, 3.63) is 70.5 Å². The van der Waals surface area contributed by atoms with E-state index in [1.165, 1.54) is 23.9 Å². The van der Waals surface area contributed by atoms with Crippen LogP contribution in [0.3, 0.4) is 0 Å². The Balaban J connectivity index is 1.99. The van der Waals surface area contributed by atoms with E-state index >= 15 is 0 Å². The molecule has 28 heavy (non-hydrogen) atoms. The van der Waals surface area contributed by atoms with Gasteiger partial charge in [-0.05, 0) is 50.6 Å². The molecule has 2 aromatic rings. The lowest BCUT2D eigenvalue weighted by Crippen LogP contribution is -2.52. The van der Waals surface area contributed by atoms with Crippen LogP contribution in [-0.2, 0) is 4.79 Å². The van der Waals surface area contributed by atoms with Crippen LogP contribution in [0.2, 0.25) is 5.02 Å². The highest BCUT2D eigenvalue weighted by Gasteiger charge is 2.43. The van der Waals surface area contributed by atoms with Crippen LogP contribution in [0.5, 0.6) is 0 Å². The molecule has 2 atom stereocenters. The van der Waals surface area contributed by atoms with Crippen molar-refractivity contribution in [3.8, 4) is 0 Å². The number of thioether (sulfide) groups is 1. The molecule has 0 bridgehead atoms. The summed E-state index contributed by atoms with van der Waals surface area (Å²) in [7, 11) is 0. The molecule has 2 amide bonds. The predicted octanol–water partition coefficient (Wildman–Crippen LogP) is 4.65. The zero-order chi connectivity index (χ0) is 20.5. The van der Waals surface area contributed by atoms with Crippen molar-refractivity contribution in [3.63, 3.8) is 0 Å². The Labute approximate surface area is 173 Å². The van der Waals surface area contributed by atoms with Crippen molar-refractivity contribution < 1.29 is 14.0 Å². The molecule has 148 valence electrons. The number of amides is 2. The van der Waals surface area contributed by atoms with Crippen LogP contribution >= 0.6 is 23.4 Å². The monoisotopic (exact) mass is 420 g/mol. The van der Waals surface area contributed by atoms with Crippen molar-refractivity contribution in [2.75, 3.05) is 5.75 Å². The Bertz CT molecular complexity index is 883. The average molecular weight is 421 g/mol. The van der Waals surface area contributed by atoms with Crippen molar-refractivity contribution in [1.29, 1.82) is 0 Å². The van der Waals surface area contributed by atoms with Gasteiger partial charge in [0.15, 0.2) is 0 Å². The quantitative estimate of drug-likeness (QED) is 0.786. The molecule has 0 aromatic heterocycles. The van der Waals surface area contributed by atoms with Gasteiger partial charge < -0.3 is 10.2 Å². The van der Waals surface area contributed by atoms with Gasteiger partial charge in [-0.1, -0.05) is 35.9 Å². The third kappa shape index (κ3) is 4.50. The molecule has 1 aliphatic heterocycles. The number of carbonyl (C=O) groups excluding carboxylic acids is 2. The lowest BCUT2D eigenvalue weighted by molar-refractivity contribution is -0.126. The van der Waals surface area contributed by atoms with Crippen LogP contribution in [0.25, 0.3) is 0 Å². The van der Waals surface area contributed by atoms with E-state index in [9.17, 15) is 14.0 Å². The maximum absolute atomic E-state index is 13.4. The highest BCUT2D eigenvalue weighted by atomic mass is 35.5. The first kappa shape index (κ1) is 20.7. The van der Waals surface area contributed by atoms with E-state index in [0.29, 0.717) is 16.3 Å². The lowest BCUT2D eigenvalue weighted by Gasteiger charge is -2.31. The first-order valence-electron chi connectivity index (χ1n) is 8.93. The summed E-state index contributed by atoms with van der Waals surface area (Å²) in [6.45, 7) is 5.68. The number of nitrogens with zero attached hydrogens (tertiary/aromatic N) is 1. The normalized spacial score (nSPS) is 19.5. The smallest absolute Gasteiger partial charge is 0.257 e. The third-order valence-corrected chi connectivity index (χ3v) is 5.95. The molecule has 4 nitrogen and oxygen atoms in total. The predicted molar refractivity (Wildman–Crippen MR) is 111 cm³/mol. The third-order valence-electron chi connectivity index (χ3n) is 4.30. The van der Waals surface area contributed by atoms with Crippen molar-refractivity contribution in [1.82, 2.24) is 10.2 Å². The fraction of sp³-hybridized carbons (Fsp3) is 0.333. The van der Waals surface area contributed by atoms with Gasteiger partial charge in [0.1, 0.15) is 17.2 Å². The second-order valence-corrected chi connectivity index (χ2v) is 9.20. The molecule has 3 rings (SSSR count). The Morgan fingerprint density at radius 2 is 1.79 bits per heavy atom. The standard InChI is InChI=1S/C21H22ClFN2O2S/c1-21(2,3)24-18(26)17-12-28-20(13-8-10-14(23)11-9-13)25(17)19(27)15-6-4-5-7-16(15)22/h4-11,17,20H,12H2,1-3H3,(H,24,26)/t17-,20-/m0/s1. The molecule has 1 saturated heterocycles. The second kappa shape index (κ2) is 8.13. The van der Waals surface area contributed by atoms with E-state index in [2.05, 4.69) is 5.32 Å². The van der Waals surface area contributed by atoms with Crippen LogP contribution in [-0.4, -0.2) is 34.0 Å². The molecule has 0 aliphatic carbocycles. The summed E-state index contributed by atoms with van der Waals surface area (Å²) in [5, 5.41) is 2.88. The molecule has 1 N–H and O–H groups in total. The number of carbonyl (C=O) groups is 2. The molecule has 0 saturated carbocycles. The largest absolute Gasteiger partial charge is 0.350 e. The molecule has 0 radical (unpaired) electrons. The summed E-state index contributed by atoms with van der Waals surface area (Å²) in [4.78, 5) is 27.8. The SMILES string of the molecule is CC(C)(C)NC(=O)[C@@H]1CS[C@@H](c2ccc(F)cc2)N1C(=O)c1ccccc1Cl. The number of rotatable bonds is 3. The zero-order valence-electron chi connectivity index (χ0n) is 15.9. The zero-order valence-corrected chi connectivity index (χ0v) is 17.5. The number of nitrogens with one attached hydrogen (secondary N) is 1. The van der Waals surface area contributed by atoms with E-state index in [0.717, 1.165) is 5.56 Å². The van der Waals surface area contributed by atoms with Gasteiger partial charge in [-0.2, -0.15) is 0 Å². The highest BCUT2D eigenvalue weighted by Crippen LogP contribution is 2.43. The van der Waals surface area contributed by atoms with Crippen LogP contribution in [0, 0.1) is 5.82 Å². The minimum absolute atomic E-state index is 0.218. The summed E-state index contributed by atoms with van der Waals surface area (Å²) in [5.74, 6) is -0.443. The highest BCUT2D eigenvalue weighted by molar-refractivity contribution is 7.99. The molecule has 0 unspecified atom stereocenters. The molecule has 0 spiro atoms. The molecule has 1 heterocycles. The average Bonchev–Trinajstić information content (AvgIpc) is 3.06. The van der Waals surface area contributed by atoms with Crippen molar-refractivity contribution in [2.24, 2.45) is 0 Å². The molecule has 7 heteroatoms. The number of hydrogen-bond donors (Lipinski definition) is 1. The van der Waals surface area contributed by atoms with Gasteiger partial charge in [-0.15, -0.1) is 11.8 Å². The Hall–Kier alpha value is -2.05. The van der Waals surface area contributed by atoms with Gasteiger partial charge in [0.05, 0.1) is 10.6 Å². The van der Waals surface area contributed by atoms with E-state index in [1.807, 2.05) is 20.8 Å². The Kier molecular flexibility index (Phi) is 6.01. The second-order valence-electron chi connectivity index (χ2n) is 7.68. The minimum atomic E-state index is -0.650. The number of hydrogen-bond acceptors (Lipinski definition) is 3. The molecule has 2 aromatic carbocycles. The topological polar surface area (TPSA) is 49.4 Å². The summed E-state index contributed by atoms with van der Waals surface area (Å²) in [6, 6.07) is 12.1. The van der Waals surface area contributed by atoms with Crippen molar-refractivity contribution >= 4 is 35.2 Å². The maximum atomic E-state index is 13.4.